The molecule has 0 amide bonds. The number of aryl methyl sites for hydroxylation is 1. The highest BCUT2D eigenvalue weighted by Gasteiger charge is 2.34. The summed E-state index contributed by atoms with van der Waals surface area (Å²) < 4.78 is 27.7. The van der Waals surface area contributed by atoms with E-state index in [0.717, 1.165) is 0 Å². The first-order valence-electron chi connectivity index (χ1n) is 6.37. The number of rotatable bonds is 3. The third-order valence-electron chi connectivity index (χ3n) is 3.58. The Hall–Kier alpha value is -1.12. The van der Waals surface area contributed by atoms with Gasteiger partial charge < -0.3 is 10.8 Å². The first-order valence-corrected chi connectivity index (χ1v) is 7.81. The smallest absolute Gasteiger partial charge is 0.248 e. The SMILES string of the molecule is CCn1cc(S(=O)(=O)N2CCC(C)C(O)C2)c(N)n1. The molecule has 1 fully saturated rings. The van der Waals surface area contributed by atoms with Crippen LogP contribution in [-0.4, -0.2) is 46.8 Å². The second-order valence-electron chi connectivity index (χ2n) is 4.93. The first kappa shape index (κ1) is 14.3. The van der Waals surface area contributed by atoms with Crippen LogP contribution in [0, 0.1) is 5.92 Å². The molecule has 3 N–H and O–H groups in total. The van der Waals surface area contributed by atoms with E-state index in [1.165, 1.54) is 15.2 Å². The Morgan fingerprint density at radius 2 is 2.26 bits per heavy atom. The van der Waals surface area contributed by atoms with Crippen LogP contribution in [0.1, 0.15) is 20.3 Å². The maximum absolute atomic E-state index is 12.5. The van der Waals surface area contributed by atoms with Crippen molar-refractivity contribution in [1.29, 1.82) is 0 Å². The van der Waals surface area contributed by atoms with Gasteiger partial charge in [-0.1, -0.05) is 6.92 Å². The van der Waals surface area contributed by atoms with Crippen LogP contribution < -0.4 is 5.73 Å². The minimum atomic E-state index is -3.67. The molecule has 2 atom stereocenters. The summed E-state index contributed by atoms with van der Waals surface area (Å²) >= 11 is 0. The van der Waals surface area contributed by atoms with Gasteiger partial charge in [0.15, 0.2) is 5.82 Å². The number of aromatic nitrogens is 2. The van der Waals surface area contributed by atoms with Gasteiger partial charge in [-0.3, -0.25) is 4.68 Å². The molecule has 0 bridgehead atoms. The fourth-order valence-electron chi connectivity index (χ4n) is 2.16. The number of aliphatic hydroxyl groups is 1. The number of hydrogen-bond acceptors (Lipinski definition) is 5. The molecule has 1 aromatic heterocycles. The quantitative estimate of drug-likeness (QED) is 0.807. The van der Waals surface area contributed by atoms with Crippen molar-refractivity contribution in [2.45, 2.75) is 37.8 Å². The van der Waals surface area contributed by atoms with E-state index < -0.39 is 16.1 Å². The lowest BCUT2D eigenvalue weighted by Gasteiger charge is -2.33. The van der Waals surface area contributed by atoms with E-state index in [4.69, 9.17) is 5.73 Å². The van der Waals surface area contributed by atoms with Crippen molar-refractivity contribution in [3.05, 3.63) is 6.20 Å². The lowest BCUT2D eigenvalue weighted by molar-refractivity contribution is 0.0605. The standard InChI is InChI=1S/C11H20N4O3S/c1-3-14-7-10(11(12)13-14)19(17,18)15-5-4-8(2)9(16)6-15/h7-9,16H,3-6H2,1-2H3,(H2,12,13). The van der Waals surface area contributed by atoms with E-state index in [1.807, 2.05) is 13.8 Å². The van der Waals surface area contributed by atoms with Crippen molar-refractivity contribution in [2.24, 2.45) is 5.92 Å². The average Bonchev–Trinajstić information content (AvgIpc) is 2.74. The van der Waals surface area contributed by atoms with Gasteiger partial charge in [-0.2, -0.15) is 9.40 Å². The van der Waals surface area contributed by atoms with E-state index >= 15 is 0 Å². The third-order valence-corrected chi connectivity index (χ3v) is 5.46. The Balaban J connectivity index is 2.29. The van der Waals surface area contributed by atoms with E-state index in [0.29, 0.717) is 19.5 Å². The zero-order valence-corrected chi connectivity index (χ0v) is 12.0. The zero-order valence-electron chi connectivity index (χ0n) is 11.2. The minimum absolute atomic E-state index is 0.00922. The van der Waals surface area contributed by atoms with E-state index in [1.54, 1.807) is 0 Å². The van der Waals surface area contributed by atoms with Crippen molar-refractivity contribution in [3.63, 3.8) is 0 Å². The van der Waals surface area contributed by atoms with E-state index in [2.05, 4.69) is 5.10 Å². The van der Waals surface area contributed by atoms with Gasteiger partial charge in [0.25, 0.3) is 0 Å². The predicted molar refractivity (Wildman–Crippen MR) is 70.9 cm³/mol. The topological polar surface area (TPSA) is 101 Å². The molecule has 0 radical (unpaired) electrons. The Morgan fingerprint density at radius 1 is 1.58 bits per heavy atom. The van der Waals surface area contributed by atoms with Crippen LogP contribution in [0.5, 0.6) is 0 Å². The lowest BCUT2D eigenvalue weighted by Crippen LogP contribution is -2.45. The molecule has 0 aliphatic carbocycles. The van der Waals surface area contributed by atoms with Crippen LogP contribution in [0.4, 0.5) is 5.82 Å². The van der Waals surface area contributed by atoms with Crippen molar-refractivity contribution in [3.8, 4) is 0 Å². The lowest BCUT2D eigenvalue weighted by atomic mass is 9.98. The number of β-amino-alcohol motifs (C(OH)–C–C–N with tert-alkyl or cyclic N) is 1. The molecule has 1 aliphatic rings. The molecule has 0 saturated carbocycles. The van der Waals surface area contributed by atoms with Gasteiger partial charge >= 0.3 is 0 Å². The Labute approximate surface area is 113 Å². The highest BCUT2D eigenvalue weighted by atomic mass is 32.2. The molecule has 0 spiro atoms. The number of aliphatic hydroxyl groups excluding tert-OH is 1. The van der Waals surface area contributed by atoms with Crippen LogP contribution in [0.15, 0.2) is 11.1 Å². The predicted octanol–water partition coefficient (Wildman–Crippen LogP) is -0.123. The molecule has 2 unspecified atom stereocenters. The zero-order chi connectivity index (χ0) is 14.2. The monoisotopic (exact) mass is 288 g/mol. The summed E-state index contributed by atoms with van der Waals surface area (Å²) in [4.78, 5) is 0.0242. The normalized spacial score (nSPS) is 25.6. The van der Waals surface area contributed by atoms with Gasteiger partial charge in [0.1, 0.15) is 4.90 Å². The van der Waals surface area contributed by atoms with E-state index in [-0.39, 0.29) is 23.2 Å². The third kappa shape index (κ3) is 2.60. The number of nitrogens with two attached hydrogens (primary N) is 1. The molecule has 2 heterocycles. The molecule has 1 aromatic rings. The van der Waals surface area contributed by atoms with Crippen molar-refractivity contribution in [1.82, 2.24) is 14.1 Å². The number of sulfonamides is 1. The van der Waals surface area contributed by atoms with Crippen LogP contribution in [0.3, 0.4) is 0 Å². The highest BCUT2D eigenvalue weighted by Crippen LogP contribution is 2.26. The van der Waals surface area contributed by atoms with Gasteiger partial charge in [0, 0.05) is 25.8 Å². The largest absolute Gasteiger partial charge is 0.391 e. The summed E-state index contributed by atoms with van der Waals surface area (Å²) in [5, 5.41) is 13.8. The summed E-state index contributed by atoms with van der Waals surface area (Å²) in [6, 6.07) is 0. The van der Waals surface area contributed by atoms with Crippen LogP contribution in [0.2, 0.25) is 0 Å². The molecule has 7 nitrogen and oxygen atoms in total. The first-order chi connectivity index (χ1) is 8.86. The molecular weight excluding hydrogens is 268 g/mol. The second-order valence-corrected chi connectivity index (χ2v) is 6.84. The fraction of sp³-hybridized carbons (Fsp3) is 0.727. The maximum Gasteiger partial charge on any atom is 0.248 e. The number of hydrogen-bond donors (Lipinski definition) is 2. The highest BCUT2D eigenvalue weighted by molar-refractivity contribution is 7.89. The molecule has 8 heteroatoms. The molecule has 0 aromatic carbocycles. The fourth-order valence-corrected chi connectivity index (χ4v) is 3.69. The van der Waals surface area contributed by atoms with Crippen molar-refractivity contribution < 1.29 is 13.5 Å². The summed E-state index contributed by atoms with van der Waals surface area (Å²) in [7, 11) is -3.67. The minimum Gasteiger partial charge on any atom is -0.391 e. The molecule has 108 valence electrons. The average molecular weight is 288 g/mol. The Morgan fingerprint density at radius 3 is 2.79 bits per heavy atom. The van der Waals surface area contributed by atoms with Crippen LogP contribution in [0.25, 0.3) is 0 Å². The van der Waals surface area contributed by atoms with Crippen molar-refractivity contribution >= 4 is 15.8 Å². The molecule has 19 heavy (non-hydrogen) atoms. The summed E-state index contributed by atoms with van der Waals surface area (Å²) in [5.74, 6) is 0.122. The molecule has 2 rings (SSSR count). The van der Waals surface area contributed by atoms with Gasteiger partial charge in [-0.05, 0) is 19.3 Å². The number of piperidine rings is 1. The molecule has 1 saturated heterocycles. The molecule has 1 aliphatic heterocycles. The van der Waals surface area contributed by atoms with Gasteiger partial charge in [-0.15, -0.1) is 0 Å². The van der Waals surface area contributed by atoms with Crippen LogP contribution >= 0.6 is 0 Å². The summed E-state index contributed by atoms with van der Waals surface area (Å²) in [6.07, 6.45) is 1.45. The van der Waals surface area contributed by atoms with E-state index in [9.17, 15) is 13.5 Å². The summed E-state index contributed by atoms with van der Waals surface area (Å²) in [5.41, 5.74) is 5.67. The van der Waals surface area contributed by atoms with Gasteiger partial charge in [-0.25, -0.2) is 8.42 Å². The number of anilines is 1. The number of nitrogens with zero attached hydrogens (tertiary/aromatic N) is 3. The van der Waals surface area contributed by atoms with Crippen LogP contribution in [-0.2, 0) is 16.6 Å². The van der Waals surface area contributed by atoms with Gasteiger partial charge in [0.05, 0.1) is 6.10 Å². The van der Waals surface area contributed by atoms with Crippen molar-refractivity contribution in [2.75, 3.05) is 18.8 Å². The maximum atomic E-state index is 12.5. The van der Waals surface area contributed by atoms with Gasteiger partial charge in [0.2, 0.25) is 10.0 Å². The molecular formula is C11H20N4O3S. The Bertz CT molecular complexity index is 554. The second kappa shape index (κ2) is 5.10. The Kier molecular flexibility index (Phi) is 3.84. The summed E-state index contributed by atoms with van der Waals surface area (Å²) in [6.45, 7) is 4.84. The number of nitrogen functional groups attached to an aromatic ring is 1.